The molecule has 0 saturated carbocycles. The molecule has 20 heavy (non-hydrogen) atoms. The summed E-state index contributed by atoms with van der Waals surface area (Å²) in [4.78, 5) is 4.02. The Hall–Kier alpha value is -1.53. The summed E-state index contributed by atoms with van der Waals surface area (Å²) in [7, 11) is 1.54. The maximum Gasteiger partial charge on any atom is 0.172 e. The van der Waals surface area contributed by atoms with Crippen molar-refractivity contribution in [3.8, 4) is 11.5 Å². The SMILES string of the molecule is COc1cc(CNC(C)Cn2ccnc2)cc(Br)c1O. The highest BCUT2D eigenvalue weighted by molar-refractivity contribution is 9.10. The molecule has 0 fully saturated rings. The molecule has 0 aliphatic heterocycles. The van der Waals surface area contributed by atoms with E-state index in [1.165, 1.54) is 0 Å². The molecule has 5 nitrogen and oxygen atoms in total. The summed E-state index contributed by atoms with van der Waals surface area (Å²) in [5.74, 6) is 0.598. The van der Waals surface area contributed by atoms with Gasteiger partial charge in [-0.05, 0) is 40.5 Å². The molecule has 0 bridgehead atoms. The maximum absolute atomic E-state index is 9.77. The van der Waals surface area contributed by atoms with Gasteiger partial charge in [0.05, 0.1) is 17.9 Å². The van der Waals surface area contributed by atoms with Gasteiger partial charge in [0.15, 0.2) is 11.5 Å². The topological polar surface area (TPSA) is 59.3 Å². The Morgan fingerprint density at radius 1 is 1.50 bits per heavy atom. The lowest BCUT2D eigenvalue weighted by molar-refractivity contribution is 0.371. The van der Waals surface area contributed by atoms with Crippen molar-refractivity contribution in [2.75, 3.05) is 7.11 Å². The van der Waals surface area contributed by atoms with Crippen LogP contribution in [0.4, 0.5) is 0 Å². The molecular formula is C14H18BrN3O2. The lowest BCUT2D eigenvalue weighted by Gasteiger charge is -2.15. The zero-order valence-corrected chi connectivity index (χ0v) is 13.1. The van der Waals surface area contributed by atoms with E-state index in [0.29, 0.717) is 22.8 Å². The van der Waals surface area contributed by atoms with Crippen LogP contribution in [0, 0.1) is 0 Å². The van der Waals surface area contributed by atoms with Gasteiger partial charge in [-0.3, -0.25) is 0 Å². The molecule has 1 atom stereocenters. The minimum Gasteiger partial charge on any atom is -0.503 e. The molecule has 0 spiro atoms. The summed E-state index contributed by atoms with van der Waals surface area (Å²) in [6.07, 6.45) is 5.52. The van der Waals surface area contributed by atoms with Gasteiger partial charge in [-0.15, -0.1) is 0 Å². The third kappa shape index (κ3) is 3.74. The predicted molar refractivity (Wildman–Crippen MR) is 80.9 cm³/mol. The van der Waals surface area contributed by atoms with Crippen LogP contribution < -0.4 is 10.1 Å². The van der Waals surface area contributed by atoms with Crippen LogP contribution in [-0.2, 0) is 13.1 Å². The van der Waals surface area contributed by atoms with Gasteiger partial charge in [-0.1, -0.05) is 0 Å². The zero-order valence-electron chi connectivity index (χ0n) is 11.5. The first-order valence-corrected chi connectivity index (χ1v) is 7.14. The van der Waals surface area contributed by atoms with Gasteiger partial charge in [0, 0.05) is 31.5 Å². The molecule has 2 aromatic rings. The average molecular weight is 340 g/mol. The van der Waals surface area contributed by atoms with Gasteiger partial charge in [0.2, 0.25) is 0 Å². The number of phenolic OH excluding ortho intramolecular Hbond substituents is 1. The maximum atomic E-state index is 9.77. The van der Waals surface area contributed by atoms with E-state index in [-0.39, 0.29) is 5.75 Å². The van der Waals surface area contributed by atoms with E-state index in [0.717, 1.165) is 12.1 Å². The first-order valence-electron chi connectivity index (χ1n) is 6.34. The number of nitrogens with one attached hydrogen (secondary N) is 1. The Morgan fingerprint density at radius 2 is 2.30 bits per heavy atom. The number of imidazole rings is 1. The van der Waals surface area contributed by atoms with E-state index in [1.54, 1.807) is 19.6 Å². The number of ether oxygens (including phenoxy) is 1. The highest BCUT2D eigenvalue weighted by Crippen LogP contribution is 2.35. The summed E-state index contributed by atoms with van der Waals surface area (Å²) in [6.45, 7) is 3.67. The average Bonchev–Trinajstić information content (AvgIpc) is 2.92. The molecule has 0 radical (unpaired) electrons. The van der Waals surface area contributed by atoms with Crippen LogP contribution in [0.15, 0.2) is 35.3 Å². The van der Waals surface area contributed by atoms with Crippen LogP contribution in [0.5, 0.6) is 11.5 Å². The van der Waals surface area contributed by atoms with E-state index in [4.69, 9.17) is 4.74 Å². The van der Waals surface area contributed by atoms with Gasteiger partial charge in [-0.25, -0.2) is 4.98 Å². The van der Waals surface area contributed by atoms with E-state index >= 15 is 0 Å². The van der Waals surface area contributed by atoms with Crippen molar-refractivity contribution in [1.82, 2.24) is 14.9 Å². The van der Waals surface area contributed by atoms with Crippen molar-refractivity contribution in [2.24, 2.45) is 0 Å². The highest BCUT2D eigenvalue weighted by atomic mass is 79.9. The van der Waals surface area contributed by atoms with Crippen LogP contribution in [0.25, 0.3) is 0 Å². The lowest BCUT2D eigenvalue weighted by Crippen LogP contribution is -2.29. The number of nitrogens with zero attached hydrogens (tertiary/aromatic N) is 2. The first-order chi connectivity index (χ1) is 9.60. The summed E-state index contributed by atoms with van der Waals surface area (Å²) in [5.41, 5.74) is 1.05. The fourth-order valence-corrected chi connectivity index (χ4v) is 2.44. The van der Waals surface area contributed by atoms with E-state index in [9.17, 15) is 5.11 Å². The molecule has 0 aliphatic rings. The third-order valence-corrected chi connectivity index (χ3v) is 3.61. The first kappa shape index (κ1) is 14.9. The number of hydrogen-bond acceptors (Lipinski definition) is 4. The summed E-state index contributed by atoms with van der Waals surface area (Å²) in [6, 6.07) is 4.02. The van der Waals surface area contributed by atoms with Crippen molar-refractivity contribution in [1.29, 1.82) is 0 Å². The van der Waals surface area contributed by atoms with Crippen molar-refractivity contribution in [3.63, 3.8) is 0 Å². The molecule has 6 heteroatoms. The quantitative estimate of drug-likeness (QED) is 0.849. The summed E-state index contributed by atoms with van der Waals surface area (Å²) >= 11 is 3.32. The van der Waals surface area contributed by atoms with Gasteiger partial charge in [-0.2, -0.15) is 0 Å². The number of benzene rings is 1. The second kappa shape index (κ2) is 6.76. The van der Waals surface area contributed by atoms with Crippen molar-refractivity contribution < 1.29 is 9.84 Å². The number of hydrogen-bond donors (Lipinski definition) is 2. The molecule has 0 amide bonds. The molecular weight excluding hydrogens is 322 g/mol. The summed E-state index contributed by atoms with van der Waals surface area (Å²) < 4.78 is 7.81. The van der Waals surface area contributed by atoms with Crippen molar-refractivity contribution >= 4 is 15.9 Å². The highest BCUT2D eigenvalue weighted by Gasteiger charge is 2.09. The second-order valence-electron chi connectivity index (χ2n) is 4.67. The van der Waals surface area contributed by atoms with Gasteiger partial charge in [0.25, 0.3) is 0 Å². The van der Waals surface area contributed by atoms with Gasteiger partial charge >= 0.3 is 0 Å². The summed E-state index contributed by atoms with van der Waals surface area (Å²) in [5, 5.41) is 13.2. The number of aromatic nitrogens is 2. The van der Waals surface area contributed by atoms with E-state index in [2.05, 4.69) is 33.2 Å². The molecule has 2 N–H and O–H groups in total. The van der Waals surface area contributed by atoms with Crippen LogP contribution in [0.3, 0.4) is 0 Å². The van der Waals surface area contributed by atoms with Crippen LogP contribution in [0.1, 0.15) is 12.5 Å². The Kier molecular flexibility index (Phi) is 5.03. The largest absolute Gasteiger partial charge is 0.503 e. The van der Waals surface area contributed by atoms with Crippen LogP contribution in [-0.4, -0.2) is 27.8 Å². The Bertz CT molecular complexity index is 558. The smallest absolute Gasteiger partial charge is 0.172 e. The molecule has 1 aromatic heterocycles. The molecule has 1 aromatic carbocycles. The van der Waals surface area contributed by atoms with E-state index < -0.39 is 0 Å². The predicted octanol–water partition coefficient (Wildman–Crippen LogP) is 2.54. The molecule has 1 unspecified atom stereocenters. The fraction of sp³-hybridized carbons (Fsp3) is 0.357. The number of rotatable bonds is 6. The minimum atomic E-state index is 0.128. The monoisotopic (exact) mass is 339 g/mol. The molecule has 2 rings (SSSR count). The van der Waals surface area contributed by atoms with Crippen LogP contribution >= 0.6 is 15.9 Å². The number of halogens is 1. The molecule has 1 heterocycles. The third-order valence-electron chi connectivity index (χ3n) is 3.01. The number of methoxy groups -OCH3 is 1. The van der Waals surface area contributed by atoms with Crippen LogP contribution in [0.2, 0.25) is 0 Å². The standard InChI is InChI=1S/C14H18BrN3O2/c1-10(8-18-4-3-16-9-18)17-7-11-5-12(15)14(19)13(6-11)20-2/h3-6,9-10,17,19H,7-8H2,1-2H3. The second-order valence-corrected chi connectivity index (χ2v) is 5.52. The van der Waals surface area contributed by atoms with Crippen molar-refractivity contribution in [2.45, 2.75) is 26.1 Å². The molecule has 0 aliphatic carbocycles. The number of aromatic hydroxyl groups is 1. The Morgan fingerprint density at radius 3 is 2.95 bits per heavy atom. The number of phenols is 1. The van der Waals surface area contributed by atoms with Gasteiger partial charge < -0.3 is 19.7 Å². The van der Waals surface area contributed by atoms with E-state index in [1.807, 2.05) is 22.9 Å². The lowest BCUT2D eigenvalue weighted by atomic mass is 10.2. The Balaban J connectivity index is 1.95. The van der Waals surface area contributed by atoms with Gasteiger partial charge in [0.1, 0.15) is 0 Å². The van der Waals surface area contributed by atoms with Crippen molar-refractivity contribution in [3.05, 3.63) is 40.9 Å². The normalized spacial score (nSPS) is 12.3. The molecule has 108 valence electrons. The minimum absolute atomic E-state index is 0.128. The zero-order chi connectivity index (χ0) is 14.5. The molecule has 0 saturated heterocycles. The fourth-order valence-electron chi connectivity index (χ4n) is 1.95. The Labute approximate surface area is 126 Å².